The van der Waals surface area contributed by atoms with Crippen molar-refractivity contribution in [3.8, 4) is 0 Å². The van der Waals surface area contributed by atoms with E-state index in [0.717, 1.165) is 24.8 Å². The number of hydrogen-bond donors (Lipinski definition) is 1. The van der Waals surface area contributed by atoms with Gasteiger partial charge in [-0.2, -0.15) is 0 Å². The lowest BCUT2D eigenvalue weighted by atomic mass is 10.0. The molecular formula is C17H20N4O. The van der Waals surface area contributed by atoms with Crippen LogP contribution in [0.3, 0.4) is 0 Å². The van der Waals surface area contributed by atoms with Crippen LogP contribution in [-0.2, 0) is 4.79 Å². The molecule has 5 heteroatoms. The van der Waals surface area contributed by atoms with Gasteiger partial charge in [-0.25, -0.2) is 9.97 Å². The van der Waals surface area contributed by atoms with Crippen molar-refractivity contribution in [3.63, 3.8) is 0 Å². The second kappa shape index (κ2) is 6.66. The van der Waals surface area contributed by atoms with Crippen molar-refractivity contribution in [2.24, 2.45) is 0 Å². The molecule has 0 saturated carbocycles. The van der Waals surface area contributed by atoms with Crippen molar-refractivity contribution in [3.05, 3.63) is 54.5 Å². The number of likely N-dealkylation sites (N-methyl/N-ethyl adjacent to an activating group) is 1. The molecular weight excluding hydrogens is 276 g/mol. The van der Waals surface area contributed by atoms with E-state index < -0.39 is 0 Å². The average Bonchev–Trinajstić information content (AvgIpc) is 2.75. The van der Waals surface area contributed by atoms with Crippen LogP contribution in [0.2, 0.25) is 0 Å². The van der Waals surface area contributed by atoms with Crippen LogP contribution in [0, 0.1) is 0 Å². The van der Waals surface area contributed by atoms with Gasteiger partial charge in [0.1, 0.15) is 12.1 Å². The molecule has 22 heavy (non-hydrogen) atoms. The third-order valence-corrected chi connectivity index (χ3v) is 4.16. The standard InChI is InChI=1S/C17H20N4O/c1-18-14-8-5-9-15(13-6-3-2-4-7-13)21(17(14)22)16-10-11-19-12-20-16/h2-4,6-7,10-12,14-15,18H,5,8-9H2,1H3. The Bertz CT molecular complexity index is 617. The third kappa shape index (κ3) is 2.85. The van der Waals surface area contributed by atoms with Gasteiger partial charge >= 0.3 is 0 Å². The molecule has 0 bridgehead atoms. The third-order valence-electron chi connectivity index (χ3n) is 4.16. The number of nitrogens with zero attached hydrogens (tertiary/aromatic N) is 3. The summed E-state index contributed by atoms with van der Waals surface area (Å²) in [5.74, 6) is 0.739. The Balaban J connectivity index is 2.04. The van der Waals surface area contributed by atoms with E-state index in [4.69, 9.17) is 0 Å². The van der Waals surface area contributed by atoms with Gasteiger partial charge in [-0.1, -0.05) is 30.3 Å². The van der Waals surface area contributed by atoms with Crippen molar-refractivity contribution in [1.29, 1.82) is 0 Å². The second-order valence-corrected chi connectivity index (χ2v) is 5.47. The maximum Gasteiger partial charge on any atom is 0.245 e. The first kappa shape index (κ1) is 14.7. The molecule has 0 spiro atoms. The lowest BCUT2D eigenvalue weighted by Gasteiger charge is -2.31. The summed E-state index contributed by atoms with van der Waals surface area (Å²) in [5, 5.41) is 3.13. The molecule has 1 saturated heterocycles. The lowest BCUT2D eigenvalue weighted by molar-refractivity contribution is -0.120. The average molecular weight is 296 g/mol. The van der Waals surface area contributed by atoms with Crippen molar-refractivity contribution in [2.75, 3.05) is 11.9 Å². The number of rotatable bonds is 3. The van der Waals surface area contributed by atoms with Crippen molar-refractivity contribution < 1.29 is 4.79 Å². The van der Waals surface area contributed by atoms with Crippen LogP contribution in [0.1, 0.15) is 30.9 Å². The van der Waals surface area contributed by atoms with Crippen LogP contribution in [-0.4, -0.2) is 29.0 Å². The fourth-order valence-corrected chi connectivity index (χ4v) is 3.05. The van der Waals surface area contributed by atoms with Crippen molar-refractivity contribution in [2.45, 2.75) is 31.3 Å². The predicted molar refractivity (Wildman–Crippen MR) is 85.4 cm³/mol. The van der Waals surface area contributed by atoms with Gasteiger partial charge in [0.05, 0.1) is 12.1 Å². The number of hydrogen-bond acceptors (Lipinski definition) is 4. The molecule has 0 aliphatic carbocycles. The van der Waals surface area contributed by atoms with Gasteiger partial charge in [0, 0.05) is 6.20 Å². The summed E-state index contributed by atoms with van der Waals surface area (Å²) < 4.78 is 0. The zero-order valence-electron chi connectivity index (χ0n) is 12.6. The van der Waals surface area contributed by atoms with Gasteiger partial charge in [-0.3, -0.25) is 9.69 Å². The van der Waals surface area contributed by atoms with E-state index in [1.54, 1.807) is 12.3 Å². The molecule has 5 nitrogen and oxygen atoms in total. The van der Waals surface area contributed by atoms with Crippen LogP contribution in [0.15, 0.2) is 48.9 Å². The second-order valence-electron chi connectivity index (χ2n) is 5.47. The quantitative estimate of drug-likeness (QED) is 0.944. The molecule has 1 fully saturated rings. The highest BCUT2D eigenvalue weighted by molar-refractivity contribution is 5.97. The SMILES string of the molecule is CNC1CCCC(c2ccccc2)N(c2ccncn2)C1=O. The molecule has 0 radical (unpaired) electrons. The van der Waals surface area contributed by atoms with E-state index in [-0.39, 0.29) is 18.0 Å². The number of aromatic nitrogens is 2. The lowest BCUT2D eigenvalue weighted by Crippen LogP contribution is -2.45. The van der Waals surface area contributed by atoms with Gasteiger partial charge < -0.3 is 5.32 Å². The molecule has 3 rings (SSSR count). The number of benzene rings is 1. The van der Waals surface area contributed by atoms with Gasteiger partial charge in [0.15, 0.2) is 0 Å². The van der Waals surface area contributed by atoms with Gasteiger partial charge in [0.2, 0.25) is 5.91 Å². The highest BCUT2D eigenvalue weighted by Crippen LogP contribution is 2.33. The largest absolute Gasteiger partial charge is 0.309 e. The summed E-state index contributed by atoms with van der Waals surface area (Å²) in [6.45, 7) is 0. The monoisotopic (exact) mass is 296 g/mol. The Morgan fingerprint density at radius 3 is 2.68 bits per heavy atom. The Labute approximate surface area is 130 Å². The molecule has 2 unspecified atom stereocenters. The van der Waals surface area contributed by atoms with E-state index in [2.05, 4.69) is 27.4 Å². The summed E-state index contributed by atoms with van der Waals surface area (Å²) >= 11 is 0. The zero-order valence-corrected chi connectivity index (χ0v) is 12.6. The van der Waals surface area contributed by atoms with E-state index in [0.29, 0.717) is 5.82 Å². The molecule has 1 N–H and O–H groups in total. The summed E-state index contributed by atoms with van der Waals surface area (Å²) in [7, 11) is 1.84. The number of amides is 1. The fourth-order valence-electron chi connectivity index (χ4n) is 3.05. The predicted octanol–water partition coefficient (Wildman–Crippen LogP) is 2.32. The maximum atomic E-state index is 13.0. The van der Waals surface area contributed by atoms with Crippen molar-refractivity contribution >= 4 is 11.7 Å². The van der Waals surface area contributed by atoms with E-state index in [9.17, 15) is 4.79 Å². The molecule has 114 valence electrons. The smallest absolute Gasteiger partial charge is 0.245 e. The summed E-state index contributed by atoms with van der Waals surface area (Å²) in [5.41, 5.74) is 1.14. The Morgan fingerprint density at radius 1 is 1.18 bits per heavy atom. The van der Waals surface area contributed by atoms with Gasteiger partial charge in [0.25, 0.3) is 0 Å². The van der Waals surface area contributed by atoms with E-state index in [1.165, 1.54) is 6.33 Å². The molecule has 1 aromatic carbocycles. The maximum absolute atomic E-state index is 13.0. The molecule has 2 atom stereocenters. The number of anilines is 1. The number of carbonyl (C=O) groups is 1. The highest BCUT2D eigenvalue weighted by Gasteiger charge is 2.34. The first-order valence-corrected chi connectivity index (χ1v) is 7.62. The molecule has 1 amide bonds. The first-order valence-electron chi connectivity index (χ1n) is 7.62. The molecule has 2 heterocycles. The van der Waals surface area contributed by atoms with E-state index >= 15 is 0 Å². The normalized spacial score (nSPS) is 22.4. The van der Waals surface area contributed by atoms with Gasteiger partial charge in [-0.05, 0) is 37.9 Å². The summed E-state index contributed by atoms with van der Waals surface area (Å²) in [6.07, 6.45) is 5.94. The Kier molecular flexibility index (Phi) is 4.44. The van der Waals surface area contributed by atoms with Crippen LogP contribution >= 0.6 is 0 Å². The van der Waals surface area contributed by atoms with E-state index in [1.807, 2.05) is 30.1 Å². The topological polar surface area (TPSA) is 58.1 Å². The Hall–Kier alpha value is -2.27. The molecule has 2 aromatic rings. The van der Waals surface area contributed by atoms with Crippen molar-refractivity contribution in [1.82, 2.24) is 15.3 Å². The summed E-state index contributed by atoms with van der Waals surface area (Å²) in [6, 6.07) is 11.8. The highest BCUT2D eigenvalue weighted by atomic mass is 16.2. The molecule has 1 aromatic heterocycles. The fraction of sp³-hybridized carbons (Fsp3) is 0.353. The zero-order chi connectivity index (χ0) is 15.4. The van der Waals surface area contributed by atoms with Crippen LogP contribution in [0.25, 0.3) is 0 Å². The van der Waals surface area contributed by atoms with Crippen LogP contribution < -0.4 is 10.2 Å². The Morgan fingerprint density at radius 2 is 2.00 bits per heavy atom. The van der Waals surface area contributed by atoms with Crippen LogP contribution in [0.4, 0.5) is 5.82 Å². The number of carbonyl (C=O) groups excluding carboxylic acids is 1. The number of nitrogens with one attached hydrogen (secondary N) is 1. The first-order chi connectivity index (χ1) is 10.8. The summed E-state index contributed by atoms with van der Waals surface area (Å²) in [4.78, 5) is 23.1. The minimum atomic E-state index is -0.163. The van der Waals surface area contributed by atoms with Gasteiger partial charge in [-0.15, -0.1) is 0 Å². The minimum absolute atomic E-state index is 0.0157. The molecule has 1 aliphatic rings. The van der Waals surface area contributed by atoms with Crippen LogP contribution in [0.5, 0.6) is 0 Å². The minimum Gasteiger partial charge on any atom is -0.309 e. The molecule has 1 aliphatic heterocycles.